The summed E-state index contributed by atoms with van der Waals surface area (Å²) in [5.74, 6) is 1.36. The van der Waals surface area contributed by atoms with E-state index in [9.17, 15) is 4.79 Å². The second-order valence-electron chi connectivity index (χ2n) is 6.51. The van der Waals surface area contributed by atoms with Gasteiger partial charge in [0.15, 0.2) is 12.4 Å². The minimum Gasteiger partial charge on any atom is -0.483 e. The van der Waals surface area contributed by atoms with E-state index in [-0.39, 0.29) is 18.6 Å². The minimum atomic E-state index is -0.348. The molecule has 0 radical (unpaired) electrons. The Labute approximate surface area is 172 Å². The number of carbonyl (C=O) groups excluding carboxylic acids is 1. The third-order valence-electron chi connectivity index (χ3n) is 4.32. The molecule has 0 saturated heterocycles. The second kappa shape index (κ2) is 9.01. The van der Waals surface area contributed by atoms with Crippen molar-refractivity contribution in [2.75, 3.05) is 6.61 Å². The molecular formula is C21H22BrN3O3. The second-order valence-corrected chi connectivity index (χ2v) is 7.42. The highest BCUT2D eigenvalue weighted by Gasteiger charge is 2.20. The Morgan fingerprint density at radius 1 is 1.21 bits per heavy atom. The monoisotopic (exact) mass is 443 g/mol. The Morgan fingerprint density at radius 3 is 2.61 bits per heavy atom. The number of hydrogen-bond donors (Lipinski definition) is 1. The highest BCUT2D eigenvalue weighted by Crippen LogP contribution is 2.24. The summed E-state index contributed by atoms with van der Waals surface area (Å²) in [5, 5.41) is 6.95. The van der Waals surface area contributed by atoms with Crippen LogP contribution in [0.1, 0.15) is 36.3 Å². The molecule has 146 valence electrons. The number of amides is 1. The van der Waals surface area contributed by atoms with E-state index in [0.717, 1.165) is 26.9 Å². The Morgan fingerprint density at radius 2 is 1.93 bits per heavy atom. The fourth-order valence-electron chi connectivity index (χ4n) is 2.86. The van der Waals surface area contributed by atoms with Crippen LogP contribution in [0.3, 0.4) is 0 Å². The van der Waals surface area contributed by atoms with Gasteiger partial charge in [-0.05, 0) is 49.6 Å². The average Bonchev–Trinajstić information content (AvgIpc) is 3.16. The van der Waals surface area contributed by atoms with E-state index >= 15 is 0 Å². The van der Waals surface area contributed by atoms with Gasteiger partial charge in [-0.2, -0.15) is 4.98 Å². The largest absolute Gasteiger partial charge is 0.483 e. The highest BCUT2D eigenvalue weighted by molar-refractivity contribution is 9.10. The van der Waals surface area contributed by atoms with E-state index in [1.54, 1.807) is 0 Å². The predicted octanol–water partition coefficient (Wildman–Crippen LogP) is 4.76. The molecule has 0 unspecified atom stereocenters. The summed E-state index contributed by atoms with van der Waals surface area (Å²) in [6.07, 6.45) is 0.632. The summed E-state index contributed by atoms with van der Waals surface area (Å²) in [4.78, 5) is 16.8. The molecule has 3 aromatic rings. The molecule has 0 spiro atoms. The zero-order valence-corrected chi connectivity index (χ0v) is 17.6. The lowest BCUT2D eigenvalue weighted by Gasteiger charge is -2.15. The number of nitrogens with one attached hydrogen (secondary N) is 1. The molecule has 0 aliphatic heterocycles. The summed E-state index contributed by atoms with van der Waals surface area (Å²) >= 11 is 3.43. The zero-order chi connectivity index (χ0) is 20.1. The number of nitrogens with zero attached hydrogens (tertiary/aromatic N) is 2. The Hall–Kier alpha value is -2.67. The first kappa shape index (κ1) is 20.1. The Bertz CT molecular complexity index is 951. The fraction of sp³-hybridized carbons (Fsp3) is 0.286. The van der Waals surface area contributed by atoms with Gasteiger partial charge in [0.25, 0.3) is 11.8 Å². The maximum absolute atomic E-state index is 12.4. The van der Waals surface area contributed by atoms with Crippen LogP contribution in [-0.2, 0) is 4.79 Å². The van der Waals surface area contributed by atoms with Crippen molar-refractivity contribution in [2.45, 2.75) is 33.2 Å². The number of rotatable bonds is 7. The van der Waals surface area contributed by atoms with Gasteiger partial charge in [0.1, 0.15) is 5.75 Å². The van der Waals surface area contributed by atoms with Gasteiger partial charge >= 0.3 is 0 Å². The van der Waals surface area contributed by atoms with Crippen LogP contribution in [0.15, 0.2) is 51.5 Å². The molecule has 28 heavy (non-hydrogen) atoms. The molecule has 6 nitrogen and oxygen atoms in total. The SMILES string of the molecule is CC[C@H](NC(=O)COc1c(C)cccc1C)c1noc(-c2cccc(Br)c2)n1. The summed E-state index contributed by atoms with van der Waals surface area (Å²) in [5.41, 5.74) is 2.81. The molecule has 1 N–H and O–H groups in total. The van der Waals surface area contributed by atoms with Crippen molar-refractivity contribution in [3.05, 3.63) is 63.9 Å². The summed E-state index contributed by atoms with van der Waals surface area (Å²) < 4.78 is 12.0. The van der Waals surface area contributed by atoms with E-state index in [1.807, 2.05) is 63.2 Å². The molecule has 0 aliphatic carbocycles. The topological polar surface area (TPSA) is 77.2 Å². The van der Waals surface area contributed by atoms with Gasteiger partial charge < -0.3 is 14.6 Å². The van der Waals surface area contributed by atoms with Crippen LogP contribution in [0.2, 0.25) is 0 Å². The van der Waals surface area contributed by atoms with Crippen LogP contribution in [0.4, 0.5) is 0 Å². The van der Waals surface area contributed by atoms with E-state index in [0.29, 0.717) is 18.1 Å². The molecule has 1 amide bonds. The van der Waals surface area contributed by atoms with Crippen molar-refractivity contribution in [3.63, 3.8) is 0 Å². The van der Waals surface area contributed by atoms with Gasteiger partial charge in [-0.25, -0.2) is 0 Å². The zero-order valence-electron chi connectivity index (χ0n) is 16.0. The van der Waals surface area contributed by atoms with Crippen LogP contribution in [-0.4, -0.2) is 22.7 Å². The van der Waals surface area contributed by atoms with Gasteiger partial charge in [0.05, 0.1) is 6.04 Å². The number of halogens is 1. The summed E-state index contributed by atoms with van der Waals surface area (Å²) in [7, 11) is 0. The highest BCUT2D eigenvalue weighted by atomic mass is 79.9. The molecule has 0 aliphatic rings. The molecular weight excluding hydrogens is 422 g/mol. The third-order valence-corrected chi connectivity index (χ3v) is 4.82. The Balaban J connectivity index is 1.65. The lowest BCUT2D eigenvalue weighted by atomic mass is 10.1. The smallest absolute Gasteiger partial charge is 0.258 e. The number of para-hydroxylation sites is 1. The summed E-state index contributed by atoms with van der Waals surface area (Å²) in [6, 6.07) is 13.1. The van der Waals surface area contributed by atoms with Crippen molar-refractivity contribution in [2.24, 2.45) is 0 Å². The first-order chi connectivity index (χ1) is 13.5. The number of benzene rings is 2. The molecule has 1 atom stereocenters. The molecule has 0 saturated carbocycles. The fourth-order valence-corrected chi connectivity index (χ4v) is 3.26. The molecule has 1 aromatic heterocycles. The standard InChI is InChI=1S/C21H22BrN3O3/c1-4-17(20-24-21(28-25-20)15-9-6-10-16(22)11-15)23-18(26)12-27-19-13(2)7-5-8-14(19)3/h5-11,17H,4,12H2,1-3H3,(H,23,26)/t17-/m0/s1. The number of carbonyl (C=O) groups is 1. The van der Waals surface area contributed by atoms with Crippen LogP contribution >= 0.6 is 15.9 Å². The minimum absolute atomic E-state index is 0.0709. The van der Waals surface area contributed by atoms with E-state index < -0.39 is 0 Å². The quantitative estimate of drug-likeness (QED) is 0.569. The maximum atomic E-state index is 12.4. The molecule has 1 heterocycles. The molecule has 7 heteroatoms. The van der Waals surface area contributed by atoms with Crippen molar-refractivity contribution in [3.8, 4) is 17.2 Å². The molecule has 0 fully saturated rings. The lowest BCUT2D eigenvalue weighted by molar-refractivity contribution is -0.124. The first-order valence-corrected chi connectivity index (χ1v) is 9.85. The maximum Gasteiger partial charge on any atom is 0.258 e. The van der Waals surface area contributed by atoms with Gasteiger partial charge in [-0.1, -0.05) is 52.3 Å². The summed E-state index contributed by atoms with van der Waals surface area (Å²) in [6.45, 7) is 5.79. The van der Waals surface area contributed by atoms with Crippen LogP contribution in [0.5, 0.6) is 5.75 Å². The lowest BCUT2D eigenvalue weighted by Crippen LogP contribution is -2.33. The third kappa shape index (κ3) is 4.78. The first-order valence-electron chi connectivity index (χ1n) is 9.06. The van der Waals surface area contributed by atoms with Crippen molar-refractivity contribution in [1.29, 1.82) is 0 Å². The van der Waals surface area contributed by atoms with Crippen LogP contribution in [0.25, 0.3) is 11.5 Å². The Kier molecular flexibility index (Phi) is 6.46. The van der Waals surface area contributed by atoms with Gasteiger partial charge in [-0.3, -0.25) is 4.79 Å². The van der Waals surface area contributed by atoms with Crippen molar-refractivity contribution < 1.29 is 14.1 Å². The average molecular weight is 444 g/mol. The number of aromatic nitrogens is 2. The van der Waals surface area contributed by atoms with Crippen molar-refractivity contribution >= 4 is 21.8 Å². The van der Waals surface area contributed by atoms with Crippen molar-refractivity contribution in [1.82, 2.24) is 15.5 Å². The van der Waals surface area contributed by atoms with Crippen LogP contribution < -0.4 is 10.1 Å². The number of ether oxygens (including phenoxy) is 1. The van der Waals surface area contributed by atoms with Gasteiger partial charge in [-0.15, -0.1) is 0 Å². The molecule has 0 bridgehead atoms. The molecule has 2 aromatic carbocycles. The number of hydrogen-bond acceptors (Lipinski definition) is 5. The number of aryl methyl sites for hydroxylation is 2. The van der Waals surface area contributed by atoms with Gasteiger partial charge in [0.2, 0.25) is 0 Å². The van der Waals surface area contributed by atoms with E-state index in [2.05, 4.69) is 31.4 Å². The van der Waals surface area contributed by atoms with Gasteiger partial charge in [0, 0.05) is 10.0 Å². The van der Waals surface area contributed by atoms with E-state index in [4.69, 9.17) is 9.26 Å². The normalized spacial score (nSPS) is 11.9. The predicted molar refractivity (Wildman–Crippen MR) is 110 cm³/mol. The van der Waals surface area contributed by atoms with Crippen LogP contribution in [0, 0.1) is 13.8 Å². The molecule has 3 rings (SSSR count). The van der Waals surface area contributed by atoms with E-state index in [1.165, 1.54) is 0 Å².